The summed E-state index contributed by atoms with van der Waals surface area (Å²) in [6, 6.07) is 0.537. The van der Waals surface area contributed by atoms with Gasteiger partial charge < -0.3 is 0 Å². The predicted octanol–water partition coefficient (Wildman–Crippen LogP) is 8.31. The van der Waals surface area contributed by atoms with E-state index in [2.05, 4.69) is 31.6 Å². The third-order valence-corrected chi connectivity index (χ3v) is 5.55. The second-order valence-electron chi connectivity index (χ2n) is 8.94. The molecule has 0 aliphatic carbocycles. The standard InChI is InChI=1S/C25H54N2/c1-4-5-6-7-8-9-10-11-12-13-14-15-16-17-18-19-20-21-22-23-24-26-27-25(2)3/h25-27H,4-24H2,1-3H3. The third-order valence-electron chi connectivity index (χ3n) is 5.55. The van der Waals surface area contributed by atoms with Gasteiger partial charge in [-0.05, 0) is 20.3 Å². The van der Waals surface area contributed by atoms with E-state index < -0.39 is 0 Å². The molecule has 0 spiro atoms. The first-order valence-corrected chi connectivity index (χ1v) is 12.8. The Morgan fingerprint density at radius 3 is 1.04 bits per heavy atom. The highest BCUT2D eigenvalue weighted by atomic mass is 15.4. The fourth-order valence-corrected chi connectivity index (χ4v) is 3.74. The van der Waals surface area contributed by atoms with Crippen LogP contribution in [0.15, 0.2) is 0 Å². The molecule has 0 saturated carbocycles. The minimum absolute atomic E-state index is 0.537. The molecule has 0 amide bonds. The fourth-order valence-electron chi connectivity index (χ4n) is 3.74. The van der Waals surface area contributed by atoms with E-state index in [9.17, 15) is 0 Å². The van der Waals surface area contributed by atoms with E-state index in [4.69, 9.17) is 0 Å². The monoisotopic (exact) mass is 382 g/mol. The van der Waals surface area contributed by atoms with Crippen molar-refractivity contribution in [3.63, 3.8) is 0 Å². The van der Waals surface area contributed by atoms with Crippen LogP contribution in [-0.2, 0) is 0 Å². The molecule has 0 aliphatic rings. The van der Waals surface area contributed by atoms with Gasteiger partial charge in [0.2, 0.25) is 0 Å². The van der Waals surface area contributed by atoms with Gasteiger partial charge >= 0.3 is 0 Å². The molecule has 0 saturated heterocycles. The van der Waals surface area contributed by atoms with E-state index >= 15 is 0 Å². The van der Waals surface area contributed by atoms with Gasteiger partial charge in [0.25, 0.3) is 0 Å². The minimum atomic E-state index is 0.537. The highest BCUT2D eigenvalue weighted by Gasteiger charge is 1.96. The lowest BCUT2D eigenvalue weighted by molar-refractivity contribution is 0.455. The molecule has 2 N–H and O–H groups in total. The average molecular weight is 383 g/mol. The van der Waals surface area contributed by atoms with Crippen LogP contribution in [0, 0.1) is 0 Å². The van der Waals surface area contributed by atoms with Crippen molar-refractivity contribution in [2.24, 2.45) is 0 Å². The topological polar surface area (TPSA) is 24.1 Å². The molecule has 0 aromatic heterocycles. The largest absolute Gasteiger partial charge is 0.258 e. The van der Waals surface area contributed by atoms with Crippen LogP contribution >= 0.6 is 0 Å². The maximum absolute atomic E-state index is 3.29. The van der Waals surface area contributed by atoms with Gasteiger partial charge in [0, 0.05) is 12.6 Å². The minimum Gasteiger partial charge on any atom is -0.258 e. The Kier molecular flexibility index (Phi) is 23.9. The zero-order chi connectivity index (χ0) is 19.8. The lowest BCUT2D eigenvalue weighted by Gasteiger charge is -2.09. The van der Waals surface area contributed by atoms with Gasteiger partial charge in [0.1, 0.15) is 0 Å². The van der Waals surface area contributed by atoms with E-state index in [-0.39, 0.29) is 0 Å². The Morgan fingerprint density at radius 1 is 0.444 bits per heavy atom. The maximum atomic E-state index is 3.29. The smallest absolute Gasteiger partial charge is 0.0156 e. The molecule has 0 bridgehead atoms. The molecule has 0 atom stereocenters. The lowest BCUT2D eigenvalue weighted by Crippen LogP contribution is -2.37. The number of hydrazine groups is 1. The Bertz CT molecular complexity index is 253. The molecule has 0 rings (SSSR count). The molecule has 0 aromatic carbocycles. The number of unbranched alkanes of at least 4 members (excludes halogenated alkanes) is 19. The summed E-state index contributed by atoms with van der Waals surface area (Å²) in [5.41, 5.74) is 6.55. The highest BCUT2D eigenvalue weighted by molar-refractivity contribution is 4.52. The number of hydrogen-bond acceptors (Lipinski definition) is 2. The summed E-state index contributed by atoms with van der Waals surface area (Å²) in [4.78, 5) is 0. The summed E-state index contributed by atoms with van der Waals surface area (Å²) < 4.78 is 0. The van der Waals surface area contributed by atoms with Crippen LogP contribution in [0.2, 0.25) is 0 Å². The van der Waals surface area contributed by atoms with Crippen molar-refractivity contribution in [1.29, 1.82) is 0 Å². The average Bonchev–Trinajstić information content (AvgIpc) is 2.65. The van der Waals surface area contributed by atoms with E-state index in [1.165, 1.54) is 128 Å². The number of hydrogen-bond donors (Lipinski definition) is 2. The summed E-state index contributed by atoms with van der Waals surface area (Å²) in [6.45, 7) is 7.75. The molecule has 164 valence electrons. The summed E-state index contributed by atoms with van der Waals surface area (Å²) in [5, 5.41) is 0. The molecule has 0 unspecified atom stereocenters. The van der Waals surface area contributed by atoms with Crippen LogP contribution in [0.5, 0.6) is 0 Å². The zero-order valence-corrected chi connectivity index (χ0v) is 19.4. The number of rotatable bonds is 23. The van der Waals surface area contributed by atoms with Gasteiger partial charge in [0.15, 0.2) is 0 Å². The second-order valence-corrected chi connectivity index (χ2v) is 8.94. The molecule has 0 aliphatic heterocycles. The number of nitrogens with one attached hydrogen (secondary N) is 2. The Balaban J connectivity index is 2.97. The van der Waals surface area contributed by atoms with Crippen molar-refractivity contribution in [2.75, 3.05) is 6.54 Å². The SMILES string of the molecule is CCCCCCCCCCCCCCCCCCCCCCNNC(C)C. The third kappa shape index (κ3) is 25.9. The van der Waals surface area contributed by atoms with E-state index in [0.717, 1.165) is 6.54 Å². The van der Waals surface area contributed by atoms with Crippen LogP contribution in [0.1, 0.15) is 149 Å². The first-order chi connectivity index (χ1) is 13.3. The molecule has 0 radical (unpaired) electrons. The van der Waals surface area contributed by atoms with Crippen LogP contribution in [0.3, 0.4) is 0 Å². The van der Waals surface area contributed by atoms with Crippen LogP contribution < -0.4 is 10.9 Å². The molecule has 0 heterocycles. The Hall–Kier alpha value is -0.0800. The Labute approximate surface area is 173 Å². The van der Waals surface area contributed by atoms with Gasteiger partial charge in [-0.15, -0.1) is 0 Å². The van der Waals surface area contributed by atoms with E-state index in [0.29, 0.717) is 6.04 Å². The molecule has 0 aromatic rings. The molecular formula is C25H54N2. The van der Waals surface area contributed by atoms with Crippen LogP contribution in [0.25, 0.3) is 0 Å². The van der Waals surface area contributed by atoms with Gasteiger partial charge in [-0.25, -0.2) is 0 Å². The van der Waals surface area contributed by atoms with Crippen molar-refractivity contribution >= 4 is 0 Å². The second kappa shape index (κ2) is 24.0. The van der Waals surface area contributed by atoms with Gasteiger partial charge in [-0.1, -0.05) is 129 Å². The summed E-state index contributed by atoms with van der Waals surface area (Å²) >= 11 is 0. The zero-order valence-electron chi connectivity index (χ0n) is 19.4. The van der Waals surface area contributed by atoms with Crippen molar-refractivity contribution in [2.45, 2.75) is 155 Å². The summed E-state index contributed by atoms with van der Waals surface area (Å²) in [5.74, 6) is 0. The molecule has 2 nitrogen and oxygen atoms in total. The van der Waals surface area contributed by atoms with Crippen molar-refractivity contribution in [1.82, 2.24) is 10.9 Å². The van der Waals surface area contributed by atoms with Gasteiger partial charge in [0.05, 0.1) is 0 Å². The molecule has 0 fully saturated rings. The molecule has 27 heavy (non-hydrogen) atoms. The lowest BCUT2D eigenvalue weighted by atomic mass is 10.0. The predicted molar refractivity (Wildman–Crippen MR) is 124 cm³/mol. The maximum Gasteiger partial charge on any atom is 0.0156 e. The summed E-state index contributed by atoms with van der Waals surface area (Å²) in [6.07, 6.45) is 29.0. The molecule has 2 heteroatoms. The van der Waals surface area contributed by atoms with Crippen molar-refractivity contribution in [3.05, 3.63) is 0 Å². The van der Waals surface area contributed by atoms with Crippen molar-refractivity contribution < 1.29 is 0 Å². The summed E-state index contributed by atoms with van der Waals surface area (Å²) in [7, 11) is 0. The van der Waals surface area contributed by atoms with E-state index in [1.807, 2.05) is 0 Å². The normalized spacial score (nSPS) is 11.6. The van der Waals surface area contributed by atoms with Crippen molar-refractivity contribution in [3.8, 4) is 0 Å². The van der Waals surface area contributed by atoms with Gasteiger partial charge in [-0.3, -0.25) is 10.9 Å². The first kappa shape index (κ1) is 26.9. The Morgan fingerprint density at radius 2 is 0.741 bits per heavy atom. The van der Waals surface area contributed by atoms with Crippen LogP contribution in [0.4, 0.5) is 0 Å². The fraction of sp³-hybridized carbons (Fsp3) is 1.00. The first-order valence-electron chi connectivity index (χ1n) is 12.8. The highest BCUT2D eigenvalue weighted by Crippen LogP contribution is 2.14. The quantitative estimate of drug-likeness (QED) is 0.137. The van der Waals surface area contributed by atoms with E-state index in [1.54, 1.807) is 0 Å². The molecular weight excluding hydrogens is 328 g/mol. The van der Waals surface area contributed by atoms with Crippen LogP contribution in [-0.4, -0.2) is 12.6 Å². The van der Waals surface area contributed by atoms with Gasteiger partial charge in [-0.2, -0.15) is 0 Å².